The average molecular weight is 284 g/mol. The number of nitrogens with one attached hydrogen (secondary N) is 1. The Labute approximate surface area is 114 Å². The van der Waals surface area contributed by atoms with Crippen molar-refractivity contribution in [3.05, 3.63) is 23.3 Å². The highest BCUT2D eigenvalue weighted by Gasteiger charge is 2.30. The summed E-state index contributed by atoms with van der Waals surface area (Å²) in [5.41, 5.74) is 7.42. The molecule has 1 unspecified atom stereocenters. The van der Waals surface area contributed by atoms with E-state index in [0.29, 0.717) is 18.7 Å². The molecule has 0 saturated carbocycles. The molecule has 1 heterocycles. The van der Waals surface area contributed by atoms with E-state index >= 15 is 0 Å². The molecule has 0 aliphatic carbocycles. The van der Waals surface area contributed by atoms with Crippen LogP contribution in [-0.2, 0) is 16.4 Å². The zero-order chi connectivity index (χ0) is 14.2. The summed E-state index contributed by atoms with van der Waals surface area (Å²) in [6.07, 6.45) is 0.530. The van der Waals surface area contributed by atoms with Crippen LogP contribution >= 0.6 is 0 Å². The van der Waals surface area contributed by atoms with Gasteiger partial charge in [-0.25, -0.2) is 13.1 Å². The molecule has 0 radical (unpaired) electrons. The third-order valence-corrected chi connectivity index (χ3v) is 4.62. The van der Waals surface area contributed by atoms with Crippen molar-refractivity contribution in [1.29, 1.82) is 0 Å². The Morgan fingerprint density at radius 2 is 2.16 bits per heavy atom. The molecule has 0 aromatic heterocycles. The van der Waals surface area contributed by atoms with Gasteiger partial charge in [0.25, 0.3) is 0 Å². The Morgan fingerprint density at radius 1 is 1.47 bits per heavy atom. The molecule has 1 aromatic rings. The van der Waals surface area contributed by atoms with Crippen LogP contribution in [0.25, 0.3) is 0 Å². The van der Waals surface area contributed by atoms with Gasteiger partial charge in [0.15, 0.2) is 0 Å². The van der Waals surface area contributed by atoms with Gasteiger partial charge in [-0.15, -0.1) is 0 Å². The zero-order valence-electron chi connectivity index (χ0n) is 11.4. The van der Waals surface area contributed by atoms with E-state index in [0.717, 1.165) is 11.1 Å². The van der Waals surface area contributed by atoms with Crippen LogP contribution in [0.5, 0.6) is 5.75 Å². The molecule has 0 saturated heterocycles. The first-order chi connectivity index (χ1) is 8.83. The van der Waals surface area contributed by atoms with E-state index in [1.165, 1.54) is 0 Å². The van der Waals surface area contributed by atoms with Gasteiger partial charge < -0.3 is 10.5 Å². The van der Waals surface area contributed by atoms with Crippen LogP contribution in [0.3, 0.4) is 0 Å². The lowest BCUT2D eigenvalue weighted by molar-refractivity contribution is 0.236. The number of rotatable bonds is 4. The Kier molecular flexibility index (Phi) is 3.85. The number of hydrogen-bond acceptors (Lipinski definition) is 4. The summed E-state index contributed by atoms with van der Waals surface area (Å²) >= 11 is 0. The van der Waals surface area contributed by atoms with Crippen molar-refractivity contribution in [2.24, 2.45) is 5.73 Å². The van der Waals surface area contributed by atoms with Gasteiger partial charge >= 0.3 is 0 Å². The molecule has 0 amide bonds. The summed E-state index contributed by atoms with van der Waals surface area (Å²) in [5.74, 6) is 0.453. The molecule has 3 N–H and O–H groups in total. The molecule has 2 rings (SSSR count). The molecule has 5 nitrogen and oxygen atoms in total. The third-order valence-electron chi connectivity index (χ3n) is 2.95. The summed E-state index contributed by atoms with van der Waals surface area (Å²) in [7, 11) is -3.55. The topological polar surface area (TPSA) is 81.4 Å². The van der Waals surface area contributed by atoms with Gasteiger partial charge in [0.05, 0.1) is 0 Å². The van der Waals surface area contributed by atoms with E-state index in [1.807, 2.05) is 13.0 Å². The van der Waals surface area contributed by atoms with Crippen LogP contribution in [0.2, 0.25) is 0 Å². The van der Waals surface area contributed by atoms with E-state index < -0.39 is 10.0 Å². The van der Waals surface area contributed by atoms with Crippen molar-refractivity contribution in [3.8, 4) is 5.75 Å². The number of sulfonamides is 1. The smallest absolute Gasteiger partial charge is 0.244 e. The first kappa shape index (κ1) is 14.3. The Bertz CT molecular complexity index is 582. The Balaban J connectivity index is 2.49. The first-order valence-electron chi connectivity index (χ1n) is 6.36. The number of hydrogen-bond donors (Lipinski definition) is 2. The minimum absolute atomic E-state index is 0.134. The molecule has 0 spiro atoms. The van der Waals surface area contributed by atoms with Gasteiger partial charge in [0, 0.05) is 19.0 Å². The normalized spacial score (nSPS) is 18.5. The van der Waals surface area contributed by atoms with Gasteiger partial charge in [-0.05, 0) is 38.0 Å². The molecule has 106 valence electrons. The largest absolute Gasteiger partial charge is 0.487 e. The SMILES string of the molecule is Cc1cc2c(c(S(=O)(=O)NC(C)C)c1)OC(CN)C2. The van der Waals surface area contributed by atoms with E-state index in [2.05, 4.69) is 4.72 Å². The molecule has 0 bridgehead atoms. The van der Waals surface area contributed by atoms with Crippen molar-refractivity contribution in [2.75, 3.05) is 6.54 Å². The molecule has 0 fully saturated rings. The number of ether oxygens (including phenoxy) is 1. The molecule has 6 heteroatoms. The predicted molar refractivity (Wildman–Crippen MR) is 73.8 cm³/mol. The van der Waals surface area contributed by atoms with E-state index in [9.17, 15) is 8.42 Å². The second kappa shape index (κ2) is 5.11. The molecule has 1 atom stereocenters. The maximum Gasteiger partial charge on any atom is 0.244 e. The highest BCUT2D eigenvalue weighted by Crippen LogP contribution is 2.36. The van der Waals surface area contributed by atoms with Gasteiger partial charge in [0.1, 0.15) is 16.7 Å². The molecule has 1 aromatic carbocycles. The lowest BCUT2D eigenvalue weighted by Crippen LogP contribution is -2.31. The highest BCUT2D eigenvalue weighted by molar-refractivity contribution is 7.89. The number of benzene rings is 1. The standard InChI is InChI=1S/C13H20N2O3S/c1-8(2)15-19(16,17)12-5-9(3)4-10-6-11(7-14)18-13(10)12/h4-5,8,11,15H,6-7,14H2,1-3H3. The molecule has 19 heavy (non-hydrogen) atoms. The lowest BCUT2D eigenvalue weighted by Gasteiger charge is -2.14. The van der Waals surface area contributed by atoms with Gasteiger partial charge in [-0.2, -0.15) is 0 Å². The molecule has 1 aliphatic rings. The fraction of sp³-hybridized carbons (Fsp3) is 0.538. The van der Waals surface area contributed by atoms with Gasteiger partial charge in [0.2, 0.25) is 10.0 Å². The van der Waals surface area contributed by atoms with Crippen molar-refractivity contribution in [2.45, 2.75) is 44.2 Å². The van der Waals surface area contributed by atoms with Crippen LogP contribution < -0.4 is 15.2 Å². The maximum absolute atomic E-state index is 12.3. The highest BCUT2D eigenvalue weighted by atomic mass is 32.2. The van der Waals surface area contributed by atoms with Crippen LogP contribution in [0.1, 0.15) is 25.0 Å². The summed E-state index contributed by atoms with van der Waals surface area (Å²) in [4.78, 5) is 0.215. The van der Waals surface area contributed by atoms with Crippen LogP contribution in [0, 0.1) is 6.92 Å². The fourth-order valence-corrected chi connectivity index (χ4v) is 3.77. The molecular formula is C13H20N2O3S. The quantitative estimate of drug-likeness (QED) is 0.862. The Morgan fingerprint density at radius 3 is 2.74 bits per heavy atom. The summed E-state index contributed by atoms with van der Waals surface area (Å²) in [5, 5.41) is 0. The number of fused-ring (bicyclic) bond motifs is 1. The van der Waals surface area contributed by atoms with E-state index in [1.54, 1.807) is 19.9 Å². The summed E-state index contributed by atoms with van der Waals surface area (Å²) in [6.45, 7) is 5.84. The van der Waals surface area contributed by atoms with Crippen LogP contribution in [0.4, 0.5) is 0 Å². The maximum atomic E-state index is 12.3. The minimum atomic E-state index is -3.55. The van der Waals surface area contributed by atoms with Gasteiger partial charge in [-0.1, -0.05) is 6.07 Å². The lowest BCUT2D eigenvalue weighted by atomic mass is 10.1. The van der Waals surface area contributed by atoms with Crippen molar-refractivity contribution < 1.29 is 13.2 Å². The zero-order valence-corrected chi connectivity index (χ0v) is 12.3. The summed E-state index contributed by atoms with van der Waals surface area (Å²) < 4.78 is 32.9. The van der Waals surface area contributed by atoms with Crippen molar-refractivity contribution in [3.63, 3.8) is 0 Å². The average Bonchev–Trinajstić information content (AvgIpc) is 2.68. The van der Waals surface area contributed by atoms with Crippen molar-refractivity contribution in [1.82, 2.24) is 4.72 Å². The van der Waals surface area contributed by atoms with Crippen molar-refractivity contribution >= 4 is 10.0 Å². The summed E-state index contributed by atoms with van der Waals surface area (Å²) in [6, 6.07) is 3.44. The Hall–Kier alpha value is -1.11. The first-order valence-corrected chi connectivity index (χ1v) is 7.84. The fourth-order valence-electron chi connectivity index (χ4n) is 2.26. The van der Waals surface area contributed by atoms with E-state index in [-0.39, 0.29) is 17.0 Å². The number of nitrogens with two attached hydrogens (primary N) is 1. The second-order valence-electron chi connectivity index (χ2n) is 5.21. The van der Waals surface area contributed by atoms with Crippen LogP contribution in [-0.4, -0.2) is 27.1 Å². The van der Waals surface area contributed by atoms with Crippen LogP contribution in [0.15, 0.2) is 17.0 Å². The molecular weight excluding hydrogens is 264 g/mol. The van der Waals surface area contributed by atoms with E-state index in [4.69, 9.17) is 10.5 Å². The molecule has 1 aliphatic heterocycles. The minimum Gasteiger partial charge on any atom is -0.487 e. The second-order valence-corrected chi connectivity index (χ2v) is 6.89. The third kappa shape index (κ3) is 2.91. The monoisotopic (exact) mass is 284 g/mol. The predicted octanol–water partition coefficient (Wildman–Crippen LogP) is 0.944. The van der Waals surface area contributed by atoms with Gasteiger partial charge in [-0.3, -0.25) is 0 Å². The number of aryl methyl sites for hydroxylation is 1.